The lowest BCUT2D eigenvalue weighted by atomic mass is 10.1. The summed E-state index contributed by atoms with van der Waals surface area (Å²) in [6.45, 7) is 19.3. The van der Waals surface area contributed by atoms with Gasteiger partial charge in [0.25, 0.3) is 0 Å². The van der Waals surface area contributed by atoms with Gasteiger partial charge in [-0.25, -0.2) is 0 Å². The number of nitrogens with one attached hydrogen (secondary N) is 3. The molecule has 0 radical (unpaired) electrons. The van der Waals surface area contributed by atoms with Crippen LogP contribution >= 0.6 is 23.7 Å². The van der Waals surface area contributed by atoms with Gasteiger partial charge in [0.15, 0.2) is 0 Å². The van der Waals surface area contributed by atoms with Crippen LogP contribution in [0.1, 0.15) is 47.0 Å². The highest BCUT2D eigenvalue weighted by atomic mass is 32.2. The van der Waals surface area contributed by atoms with Crippen molar-refractivity contribution in [1.29, 1.82) is 0 Å². The average molecular weight is 452 g/mol. The third kappa shape index (κ3) is 11.3. The molecule has 1 aliphatic carbocycles. The first-order chi connectivity index (χ1) is 14.2. The minimum atomic E-state index is 0.299. The number of rotatable bonds is 16. The first kappa shape index (κ1) is 26.9. The molecule has 0 atom stereocenters. The van der Waals surface area contributed by atoms with Gasteiger partial charge in [-0.1, -0.05) is 13.5 Å². The number of thioether (sulfide) groups is 1. The smallest absolute Gasteiger partial charge is 0.0472 e. The van der Waals surface area contributed by atoms with Crippen LogP contribution in [-0.2, 0) is 0 Å². The van der Waals surface area contributed by atoms with E-state index >= 15 is 0 Å². The highest BCUT2D eigenvalue weighted by molar-refractivity contribution is 8.03. The molecule has 1 rings (SSSR count). The summed E-state index contributed by atoms with van der Waals surface area (Å²) in [4.78, 5) is 8.53. The van der Waals surface area contributed by atoms with Crippen molar-refractivity contribution in [3.63, 3.8) is 0 Å². The number of nitrogens with zero attached hydrogens (tertiary/aromatic N) is 2. The summed E-state index contributed by atoms with van der Waals surface area (Å²) in [5.41, 5.74) is 3.46. The van der Waals surface area contributed by atoms with Crippen LogP contribution in [0.2, 0.25) is 0 Å². The molecule has 1 fully saturated rings. The highest BCUT2D eigenvalue weighted by Gasteiger charge is 2.36. The minimum Gasteiger partial charge on any atom is -0.385 e. The van der Waals surface area contributed by atoms with E-state index in [0.29, 0.717) is 5.54 Å². The van der Waals surface area contributed by atoms with Crippen LogP contribution in [0.4, 0.5) is 0 Å². The number of allylic oxidation sites excluding steroid dienone is 3. The van der Waals surface area contributed by atoms with Crippen molar-refractivity contribution in [3.8, 4) is 0 Å². The van der Waals surface area contributed by atoms with Crippen molar-refractivity contribution in [1.82, 2.24) is 20.3 Å². The molecule has 7 heteroatoms. The summed E-state index contributed by atoms with van der Waals surface area (Å²) in [7, 11) is 4.20. The topological polar surface area (TPSA) is 51.7 Å². The van der Waals surface area contributed by atoms with Gasteiger partial charge in [0.2, 0.25) is 0 Å². The SMILES string of the molecule is C=N/C=C(/CN/C(C)=C(/C=C(\C)SNC1(C)CC1)C(=C)NCCCN(C)C)SCC. The zero-order chi connectivity index (χ0) is 22.6. The van der Waals surface area contributed by atoms with Crippen LogP contribution in [-0.4, -0.2) is 56.6 Å². The van der Waals surface area contributed by atoms with Gasteiger partial charge in [-0.3, -0.25) is 9.71 Å². The third-order valence-corrected chi connectivity index (χ3v) is 6.69. The first-order valence-electron chi connectivity index (χ1n) is 10.6. The zero-order valence-corrected chi connectivity index (χ0v) is 21.4. The predicted molar refractivity (Wildman–Crippen MR) is 139 cm³/mol. The Bertz CT molecular complexity index is 661. The lowest BCUT2D eigenvalue weighted by Gasteiger charge is -2.18. The molecule has 5 nitrogen and oxygen atoms in total. The summed E-state index contributed by atoms with van der Waals surface area (Å²) in [6.07, 6.45) is 7.62. The largest absolute Gasteiger partial charge is 0.385 e. The predicted octanol–water partition coefficient (Wildman–Crippen LogP) is 4.89. The van der Waals surface area contributed by atoms with E-state index in [1.165, 1.54) is 22.7 Å². The van der Waals surface area contributed by atoms with Crippen molar-refractivity contribution < 1.29 is 0 Å². The fraction of sp³-hybridized carbons (Fsp3) is 0.609. The Morgan fingerprint density at radius 3 is 2.50 bits per heavy atom. The van der Waals surface area contributed by atoms with Gasteiger partial charge < -0.3 is 15.5 Å². The van der Waals surface area contributed by atoms with Crippen molar-refractivity contribution in [3.05, 3.63) is 45.6 Å². The van der Waals surface area contributed by atoms with Gasteiger partial charge in [-0.05, 0) is 96.1 Å². The third-order valence-electron chi connectivity index (χ3n) is 4.75. The number of hydrogen-bond donors (Lipinski definition) is 3. The molecule has 170 valence electrons. The van der Waals surface area contributed by atoms with E-state index in [9.17, 15) is 0 Å². The average Bonchev–Trinajstić information content (AvgIpc) is 3.43. The van der Waals surface area contributed by atoms with Gasteiger partial charge in [0.1, 0.15) is 0 Å². The van der Waals surface area contributed by atoms with Crippen molar-refractivity contribution in [2.45, 2.75) is 52.5 Å². The molecule has 0 aliphatic heterocycles. The van der Waals surface area contributed by atoms with Crippen molar-refractivity contribution >= 4 is 30.4 Å². The highest BCUT2D eigenvalue weighted by Crippen LogP contribution is 2.37. The maximum atomic E-state index is 4.32. The fourth-order valence-electron chi connectivity index (χ4n) is 2.61. The maximum Gasteiger partial charge on any atom is 0.0472 e. The quantitative estimate of drug-likeness (QED) is 0.134. The molecule has 0 bridgehead atoms. The van der Waals surface area contributed by atoms with Crippen molar-refractivity contribution in [2.75, 3.05) is 39.5 Å². The Balaban J connectivity index is 2.87. The molecule has 0 heterocycles. The second-order valence-corrected chi connectivity index (χ2v) is 10.6. The zero-order valence-electron chi connectivity index (χ0n) is 19.7. The lowest BCUT2D eigenvalue weighted by Crippen LogP contribution is -2.23. The molecule has 1 saturated carbocycles. The Morgan fingerprint density at radius 2 is 1.93 bits per heavy atom. The minimum absolute atomic E-state index is 0.299. The molecule has 0 aromatic heterocycles. The van der Waals surface area contributed by atoms with Crippen LogP contribution in [0, 0.1) is 0 Å². The van der Waals surface area contributed by atoms with Crippen LogP contribution in [0.25, 0.3) is 0 Å². The molecule has 0 aromatic carbocycles. The van der Waals surface area contributed by atoms with E-state index < -0.39 is 0 Å². The van der Waals surface area contributed by atoms with E-state index in [2.05, 4.69) is 86.4 Å². The summed E-state index contributed by atoms with van der Waals surface area (Å²) in [6, 6.07) is 0. The van der Waals surface area contributed by atoms with Gasteiger partial charge in [-0.2, -0.15) is 0 Å². The molecule has 0 spiro atoms. The molecule has 0 aromatic rings. The second-order valence-electron chi connectivity index (χ2n) is 8.19. The summed E-state index contributed by atoms with van der Waals surface area (Å²) in [5, 5.41) is 7.06. The summed E-state index contributed by atoms with van der Waals surface area (Å²) >= 11 is 3.50. The Labute approximate surface area is 193 Å². The fourth-order valence-corrected chi connectivity index (χ4v) is 4.10. The normalized spacial score (nSPS) is 16.9. The first-order valence-corrected chi connectivity index (χ1v) is 12.4. The van der Waals surface area contributed by atoms with Crippen LogP contribution < -0.4 is 15.4 Å². The Kier molecular flexibility index (Phi) is 12.6. The standard InChI is InChI=1S/C23H41N5S2/c1-9-29-21(16-24-6)17-26-20(4)22(19(3)25-13-10-14-28(7)8)15-18(2)30-27-23(5)11-12-23/h15-16,25-27H,3,6,9-14,17H2,1-2,4-5,7-8H3/b18-15+,21-16-,22-20-. The molecule has 0 unspecified atom stereocenters. The second kappa shape index (κ2) is 14.0. The van der Waals surface area contributed by atoms with Gasteiger partial charge >= 0.3 is 0 Å². The molecule has 1 aliphatic rings. The molecular formula is C23H41N5S2. The molecule has 3 N–H and O–H groups in total. The van der Waals surface area contributed by atoms with Gasteiger partial charge in [0, 0.05) is 46.7 Å². The number of hydrogen-bond acceptors (Lipinski definition) is 7. The monoisotopic (exact) mass is 451 g/mol. The molecule has 0 amide bonds. The van der Waals surface area contributed by atoms with E-state index in [1.807, 2.05) is 6.20 Å². The van der Waals surface area contributed by atoms with E-state index in [4.69, 9.17) is 0 Å². The molecule has 0 saturated heterocycles. The Morgan fingerprint density at radius 1 is 1.23 bits per heavy atom. The number of aliphatic imine (C=N–C) groups is 1. The van der Waals surface area contributed by atoms with Crippen LogP contribution in [0.5, 0.6) is 0 Å². The molecular weight excluding hydrogens is 410 g/mol. The summed E-state index contributed by atoms with van der Waals surface area (Å²) < 4.78 is 3.58. The van der Waals surface area contributed by atoms with Gasteiger partial charge in [-0.15, -0.1) is 11.8 Å². The van der Waals surface area contributed by atoms with E-state index in [-0.39, 0.29) is 0 Å². The van der Waals surface area contributed by atoms with Gasteiger partial charge in [0.05, 0.1) is 0 Å². The lowest BCUT2D eigenvalue weighted by molar-refractivity contribution is 0.398. The maximum absolute atomic E-state index is 4.32. The molecule has 30 heavy (non-hydrogen) atoms. The van der Waals surface area contributed by atoms with E-state index in [0.717, 1.165) is 48.8 Å². The van der Waals surface area contributed by atoms with Crippen molar-refractivity contribution in [2.24, 2.45) is 4.99 Å². The van der Waals surface area contributed by atoms with Crippen LogP contribution in [0.3, 0.4) is 0 Å². The van der Waals surface area contributed by atoms with E-state index in [1.54, 1.807) is 23.7 Å². The summed E-state index contributed by atoms with van der Waals surface area (Å²) in [5.74, 6) is 1.01. The van der Waals surface area contributed by atoms with Crippen LogP contribution in [0.15, 0.2) is 50.6 Å². The Hall–Kier alpha value is -1.15.